The van der Waals surface area contributed by atoms with Crippen molar-refractivity contribution in [2.75, 3.05) is 0 Å². The van der Waals surface area contributed by atoms with Crippen molar-refractivity contribution in [2.24, 2.45) is 5.73 Å². The number of carbonyl (C=O) groups is 1. The molecular formula is C13H17F3N2O2S. The van der Waals surface area contributed by atoms with Gasteiger partial charge in [0.25, 0.3) is 0 Å². The van der Waals surface area contributed by atoms with Crippen LogP contribution < -0.4 is 10.5 Å². The van der Waals surface area contributed by atoms with E-state index in [9.17, 15) is 22.2 Å². The maximum absolute atomic E-state index is 14.0. The van der Waals surface area contributed by atoms with Crippen LogP contribution in [-0.4, -0.2) is 21.2 Å². The maximum Gasteiger partial charge on any atom is 0.337 e. The van der Waals surface area contributed by atoms with E-state index >= 15 is 0 Å². The number of rotatable bonds is 5. The molecule has 0 fully saturated rings. The fourth-order valence-corrected chi connectivity index (χ4v) is 2.32. The highest BCUT2D eigenvalue weighted by molar-refractivity contribution is 7.84. The Hall–Kier alpha value is -1.25. The zero-order valence-corrected chi connectivity index (χ0v) is 12.6. The van der Waals surface area contributed by atoms with Crippen molar-refractivity contribution < 1.29 is 22.2 Å². The van der Waals surface area contributed by atoms with Crippen LogP contribution in [0.25, 0.3) is 0 Å². The summed E-state index contributed by atoms with van der Waals surface area (Å²) in [5, 5.41) is 0. The van der Waals surface area contributed by atoms with Gasteiger partial charge in [-0.15, -0.1) is 0 Å². The molecule has 1 rings (SSSR count). The van der Waals surface area contributed by atoms with E-state index in [1.165, 1.54) is 32.9 Å². The van der Waals surface area contributed by atoms with Gasteiger partial charge < -0.3 is 5.73 Å². The lowest BCUT2D eigenvalue weighted by Crippen LogP contribution is -2.65. The molecule has 0 bridgehead atoms. The molecule has 21 heavy (non-hydrogen) atoms. The third kappa shape index (κ3) is 3.50. The lowest BCUT2D eigenvalue weighted by molar-refractivity contribution is -0.142. The van der Waals surface area contributed by atoms with E-state index in [0.717, 1.165) is 12.1 Å². The first-order chi connectivity index (χ1) is 9.45. The van der Waals surface area contributed by atoms with Gasteiger partial charge in [-0.25, -0.2) is 13.3 Å². The van der Waals surface area contributed by atoms with Crippen molar-refractivity contribution in [3.05, 3.63) is 35.6 Å². The summed E-state index contributed by atoms with van der Waals surface area (Å²) in [6, 6.07) is 4.53. The Labute approximate surface area is 123 Å². The Morgan fingerprint density at radius 1 is 1.24 bits per heavy atom. The zero-order valence-electron chi connectivity index (χ0n) is 11.8. The van der Waals surface area contributed by atoms with Gasteiger partial charge in [0, 0.05) is 5.56 Å². The minimum atomic E-state index is -4.16. The predicted molar refractivity (Wildman–Crippen MR) is 74.3 cm³/mol. The average molecular weight is 322 g/mol. The summed E-state index contributed by atoms with van der Waals surface area (Å²) in [4.78, 5) is 10.7. The third-order valence-electron chi connectivity index (χ3n) is 2.78. The quantitative estimate of drug-likeness (QED) is 0.642. The molecule has 118 valence electrons. The fourth-order valence-electron chi connectivity index (χ4n) is 1.48. The highest BCUT2D eigenvalue weighted by Gasteiger charge is 2.55. The molecule has 0 aromatic heterocycles. The molecule has 0 amide bonds. The first-order valence-electron chi connectivity index (χ1n) is 6.03. The lowest BCUT2D eigenvalue weighted by atomic mass is 9.94. The standard InChI is InChI=1S/C13H17F3N2O2S/c1-11(2,3)21(20)18-13(17,12(15,16)8-19)9-6-4-5-7-10(9)14/h4-8,18H,17H2,1-3H3/t13-,21?/m1/s1. The summed E-state index contributed by atoms with van der Waals surface area (Å²) < 4.78 is 54.9. The smallest absolute Gasteiger partial charge is 0.303 e. The summed E-state index contributed by atoms with van der Waals surface area (Å²) in [7, 11) is -2.04. The second-order valence-corrected chi connectivity index (χ2v) is 7.48. The SMILES string of the molecule is CC(C)(C)S(=O)N[C@](N)(c1ccccc1F)C(F)(F)C=O. The summed E-state index contributed by atoms with van der Waals surface area (Å²) in [5.74, 6) is -5.18. The molecule has 0 aliphatic carbocycles. The predicted octanol–water partition coefficient (Wildman–Crippen LogP) is 1.82. The molecule has 3 N–H and O–H groups in total. The van der Waals surface area contributed by atoms with Gasteiger partial charge in [-0.3, -0.25) is 4.79 Å². The van der Waals surface area contributed by atoms with Crippen molar-refractivity contribution in [2.45, 2.75) is 37.1 Å². The molecule has 2 atom stereocenters. The average Bonchev–Trinajstić information content (AvgIpc) is 2.37. The van der Waals surface area contributed by atoms with Crippen molar-refractivity contribution in [3.8, 4) is 0 Å². The van der Waals surface area contributed by atoms with Crippen LogP contribution >= 0.6 is 0 Å². The molecule has 0 spiro atoms. The highest BCUT2D eigenvalue weighted by atomic mass is 32.2. The van der Waals surface area contributed by atoms with Gasteiger partial charge in [0.2, 0.25) is 0 Å². The van der Waals surface area contributed by atoms with Crippen LogP contribution in [0.2, 0.25) is 0 Å². The third-order valence-corrected chi connectivity index (χ3v) is 4.40. The second-order valence-electron chi connectivity index (χ2n) is 5.51. The minimum absolute atomic E-state index is 0.639. The van der Waals surface area contributed by atoms with E-state index in [0.29, 0.717) is 0 Å². The summed E-state index contributed by atoms with van der Waals surface area (Å²) >= 11 is 0. The molecule has 0 heterocycles. The fraction of sp³-hybridized carbons (Fsp3) is 0.462. The van der Waals surface area contributed by atoms with Gasteiger partial charge in [-0.2, -0.15) is 8.78 Å². The molecular weight excluding hydrogens is 305 g/mol. The van der Waals surface area contributed by atoms with Crippen LogP contribution in [0.4, 0.5) is 13.2 Å². The summed E-state index contributed by atoms with van der Waals surface area (Å²) in [5.41, 5.74) is 2.02. The topological polar surface area (TPSA) is 72.2 Å². The van der Waals surface area contributed by atoms with Gasteiger partial charge in [-0.1, -0.05) is 18.2 Å². The van der Waals surface area contributed by atoms with Crippen LogP contribution in [0.15, 0.2) is 24.3 Å². The molecule has 4 nitrogen and oxygen atoms in total. The molecule has 8 heteroatoms. The second kappa shape index (κ2) is 5.86. The first-order valence-corrected chi connectivity index (χ1v) is 7.18. The molecule has 0 aliphatic rings. The Bertz CT molecular complexity index is 561. The van der Waals surface area contributed by atoms with Crippen LogP contribution in [0.5, 0.6) is 0 Å². The minimum Gasteiger partial charge on any atom is -0.303 e. The number of alkyl halides is 2. The molecule has 0 saturated heterocycles. The number of halogens is 3. The van der Waals surface area contributed by atoms with E-state index in [1.54, 1.807) is 0 Å². The molecule has 1 unspecified atom stereocenters. The lowest BCUT2D eigenvalue weighted by Gasteiger charge is -2.36. The van der Waals surface area contributed by atoms with Gasteiger partial charge in [0.1, 0.15) is 5.82 Å². The molecule has 0 aliphatic heterocycles. The normalized spacial score (nSPS) is 17.1. The van der Waals surface area contributed by atoms with Crippen LogP contribution in [0.3, 0.4) is 0 Å². The Balaban J connectivity index is 3.43. The van der Waals surface area contributed by atoms with E-state index in [2.05, 4.69) is 0 Å². The number of nitrogens with two attached hydrogens (primary N) is 1. The van der Waals surface area contributed by atoms with Crippen molar-refractivity contribution in [1.29, 1.82) is 0 Å². The van der Waals surface area contributed by atoms with E-state index in [-0.39, 0.29) is 0 Å². The highest BCUT2D eigenvalue weighted by Crippen LogP contribution is 2.34. The van der Waals surface area contributed by atoms with Gasteiger partial charge in [0.15, 0.2) is 11.9 Å². The van der Waals surface area contributed by atoms with Crippen molar-refractivity contribution in [1.82, 2.24) is 4.72 Å². The number of nitrogens with one attached hydrogen (secondary N) is 1. The van der Waals surface area contributed by atoms with E-state index in [4.69, 9.17) is 5.73 Å². The monoisotopic (exact) mass is 322 g/mol. The number of carbonyl (C=O) groups excluding carboxylic acids is 1. The Morgan fingerprint density at radius 2 is 1.76 bits per heavy atom. The maximum atomic E-state index is 14.0. The van der Waals surface area contributed by atoms with E-state index in [1.807, 2.05) is 4.72 Å². The molecule has 0 radical (unpaired) electrons. The van der Waals surface area contributed by atoms with Crippen molar-refractivity contribution >= 4 is 17.3 Å². The van der Waals surface area contributed by atoms with Crippen LogP contribution in [0.1, 0.15) is 26.3 Å². The summed E-state index contributed by atoms with van der Waals surface area (Å²) in [6.45, 7) is 4.57. The number of hydrogen-bond acceptors (Lipinski definition) is 3. The molecule has 1 aromatic carbocycles. The largest absolute Gasteiger partial charge is 0.337 e. The van der Waals surface area contributed by atoms with Gasteiger partial charge >= 0.3 is 5.92 Å². The Kier molecular flexibility index (Phi) is 4.97. The zero-order chi connectivity index (χ0) is 16.5. The van der Waals surface area contributed by atoms with Crippen molar-refractivity contribution in [3.63, 3.8) is 0 Å². The molecule has 1 aromatic rings. The number of aldehydes is 1. The van der Waals surface area contributed by atoms with Gasteiger partial charge in [-0.05, 0) is 26.8 Å². The number of benzene rings is 1. The van der Waals surface area contributed by atoms with Crippen LogP contribution in [0, 0.1) is 5.82 Å². The summed E-state index contributed by atoms with van der Waals surface area (Å²) in [6.07, 6.45) is -0.688. The number of hydrogen-bond donors (Lipinski definition) is 2. The van der Waals surface area contributed by atoms with Crippen LogP contribution in [-0.2, 0) is 21.4 Å². The Morgan fingerprint density at radius 3 is 2.19 bits per heavy atom. The van der Waals surface area contributed by atoms with E-state index < -0.39 is 45.0 Å². The van der Waals surface area contributed by atoms with Gasteiger partial charge in [0.05, 0.1) is 15.7 Å². The molecule has 0 saturated carbocycles. The first kappa shape index (κ1) is 17.8.